The average Bonchev–Trinajstić information content (AvgIpc) is 3.32. The summed E-state index contributed by atoms with van der Waals surface area (Å²) in [7, 11) is 0. The maximum absolute atomic E-state index is 13.0. The number of halogens is 1. The molecule has 0 aliphatic carbocycles. The third-order valence-corrected chi connectivity index (χ3v) is 5.06. The molecule has 8 heteroatoms. The van der Waals surface area contributed by atoms with Crippen LogP contribution in [0.25, 0.3) is 6.08 Å². The predicted molar refractivity (Wildman–Crippen MR) is 123 cm³/mol. The Hall–Kier alpha value is -3.29. The third kappa shape index (κ3) is 4.57. The first-order valence-corrected chi connectivity index (χ1v) is 10.4. The van der Waals surface area contributed by atoms with Crippen molar-refractivity contribution in [2.75, 3.05) is 11.5 Å². The molecule has 1 aromatic heterocycles. The number of thiocarbonyl (C=S) groups is 1. The smallest absolute Gasteiger partial charge is 0.281 e. The molecule has 4 rings (SSSR count). The molecule has 1 aliphatic heterocycles. The fourth-order valence-corrected chi connectivity index (χ4v) is 3.56. The minimum atomic E-state index is -0.289. The Morgan fingerprint density at radius 2 is 1.81 bits per heavy atom. The second-order valence-corrected chi connectivity index (χ2v) is 7.35. The van der Waals surface area contributed by atoms with E-state index in [1.165, 1.54) is 4.90 Å². The molecule has 1 amide bonds. The van der Waals surface area contributed by atoms with Crippen molar-refractivity contribution in [1.82, 2.24) is 5.32 Å². The number of rotatable bonds is 7. The van der Waals surface area contributed by atoms with E-state index in [0.717, 1.165) is 0 Å². The Bertz CT molecular complexity index is 1160. The van der Waals surface area contributed by atoms with Gasteiger partial charge in [0.25, 0.3) is 5.91 Å². The van der Waals surface area contributed by atoms with Gasteiger partial charge < -0.3 is 19.2 Å². The van der Waals surface area contributed by atoms with Crippen molar-refractivity contribution in [2.45, 2.75) is 13.5 Å². The monoisotopic (exact) mass is 454 g/mol. The highest BCUT2D eigenvalue weighted by molar-refractivity contribution is 7.80. The fourth-order valence-electron chi connectivity index (χ4n) is 3.08. The molecule has 158 valence electrons. The lowest BCUT2D eigenvalue weighted by Gasteiger charge is -2.17. The van der Waals surface area contributed by atoms with E-state index in [-0.39, 0.29) is 17.6 Å². The molecule has 0 atom stereocenters. The van der Waals surface area contributed by atoms with Crippen molar-refractivity contribution in [2.24, 2.45) is 0 Å². The first-order chi connectivity index (χ1) is 15.1. The quantitative estimate of drug-likeness (QED) is 0.392. The van der Waals surface area contributed by atoms with Crippen LogP contribution in [0.5, 0.6) is 11.5 Å². The molecule has 2 aromatic carbocycles. The first kappa shape index (κ1) is 21.0. The summed E-state index contributed by atoms with van der Waals surface area (Å²) in [6, 6.07) is 18.0. The number of hydrogen-bond acceptors (Lipinski definition) is 5. The number of amides is 1. The Kier molecular flexibility index (Phi) is 6.25. The number of carbonyl (C=O) groups excluding carboxylic acids is 1. The Morgan fingerprint density at radius 3 is 2.58 bits per heavy atom. The van der Waals surface area contributed by atoms with Crippen LogP contribution in [0.2, 0.25) is 5.02 Å². The van der Waals surface area contributed by atoms with Crippen LogP contribution < -0.4 is 19.7 Å². The van der Waals surface area contributed by atoms with Crippen LogP contribution in [-0.4, -0.2) is 17.6 Å². The highest BCUT2D eigenvalue weighted by Gasteiger charge is 2.34. The summed E-state index contributed by atoms with van der Waals surface area (Å²) in [6.07, 6.45) is 1.61. The van der Waals surface area contributed by atoms with Crippen LogP contribution in [0.15, 0.2) is 70.8 Å². The van der Waals surface area contributed by atoms with E-state index in [1.807, 2.05) is 31.2 Å². The van der Waals surface area contributed by atoms with Gasteiger partial charge in [-0.3, -0.25) is 4.79 Å². The summed E-state index contributed by atoms with van der Waals surface area (Å²) in [5, 5.41) is 3.75. The van der Waals surface area contributed by atoms with E-state index in [0.29, 0.717) is 46.0 Å². The summed E-state index contributed by atoms with van der Waals surface area (Å²) in [5.74, 6) is 1.96. The first-order valence-electron chi connectivity index (χ1n) is 9.62. The number of furan rings is 1. The van der Waals surface area contributed by atoms with Crippen molar-refractivity contribution in [3.63, 3.8) is 0 Å². The van der Waals surface area contributed by atoms with E-state index in [4.69, 9.17) is 37.7 Å². The summed E-state index contributed by atoms with van der Waals surface area (Å²) < 4.78 is 17.1. The summed E-state index contributed by atoms with van der Waals surface area (Å²) in [5.41, 5.74) is 0.896. The van der Waals surface area contributed by atoms with Crippen molar-refractivity contribution < 1.29 is 18.7 Å². The van der Waals surface area contributed by atoms with Gasteiger partial charge in [0, 0.05) is 6.08 Å². The highest BCUT2D eigenvalue weighted by Crippen LogP contribution is 2.32. The zero-order valence-electron chi connectivity index (χ0n) is 16.6. The predicted octanol–water partition coefficient (Wildman–Crippen LogP) is 5.17. The van der Waals surface area contributed by atoms with Crippen LogP contribution in [0.3, 0.4) is 0 Å². The third-order valence-electron chi connectivity index (χ3n) is 4.46. The molecular formula is C23H19ClN2O4S. The van der Waals surface area contributed by atoms with Gasteiger partial charge >= 0.3 is 0 Å². The van der Waals surface area contributed by atoms with Gasteiger partial charge in [0.2, 0.25) is 0 Å². The molecule has 3 aromatic rings. The number of nitrogens with zero attached hydrogens (tertiary/aromatic N) is 1. The molecule has 1 N–H and O–H groups in total. The van der Waals surface area contributed by atoms with Crippen LogP contribution in [0, 0.1) is 0 Å². The molecule has 0 radical (unpaired) electrons. The summed E-state index contributed by atoms with van der Waals surface area (Å²) >= 11 is 11.5. The molecular weight excluding hydrogens is 436 g/mol. The zero-order valence-corrected chi connectivity index (χ0v) is 18.2. The van der Waals surface area contributed by atoms with Gasteiger partial charge in [-0.25, -0.2) is 4.90 Å². The Morgan fingerprint density at radius 1 is 1.06 bits per heavy atom. The average molecular weight is 455 g/mol. The van der Waals surface area contributed by atoms with Gasteiger partial charge in [-0.2, -0.15) is 0 Å². The van der Waals surface area contributed by atoms with E-state index in [1.54, 1.807) is 42.5 Å². The lowest BCUT2D eigenvalue weighted by Crippen LogP contribution is -2.30. The molecule has 6 nitrogen and oxygen atoms in total. The molecule has 1 fully saturated rings. The Balaban J connectivity index is 1.50. The number of anilines is 1. The maximum atomic E-state index is 13.0. The van der Waals surface area contributed by atoms with Crippen molar-refractivity contribution in [3.05, 3.63) is 82.9 Å². The molecule has 31 heavy (non-hydrogen) atoms. The van der Waals surface area contributed by atoms with Gasteiger partial charge in [0.15, 0.2) is 5.11 Å². The minimum Gasteiger partial charge on any atom is -0.492 e. The number of ether oxygens (including phenoxy) is 2. The molecule has 1 saturated heterocycles. The molecule has 0 saturated carbocycles. The van der Waals surface area contributed by atoms with Crippen molar-refractivity contribution >= 4 is 46.6 Å². The number of carbonyl (C=O) groups is 1. The van der Waals surface area contributed by atoms with Gasteiger partial charge in [0.1, 0.15) is 35.3 Å². The van der Waals surface area contributed by atoms with E-state index < -0.39 is 0 Å². The SMILES string of the molecule is CCOc1ccccc1N1C(=O)/C(=C\c2ccc(COc3ccccc3Cl)o2)NC1=S. The van der Waals surface area contributed by atoms with Crippen LogP contribution in [0.4, 0.5) is 5.69 Å². The van der Waals surface area contributed by atoms with Crippen LogP contribution in [0.1, 0.15) is 18.4 Å². The minimum absolute atomic E-state index is 0.209. The normalized spacial score (nSPS) is 14.8. The number of nitrogens with one attached hydrogen (secondary N) is 1. The molecule has 0 bridgehead atoms. The molecule has 0 spiro atoms. The number of benzene rings is 2. The lowest BCUT2D eigenvalue weighted by atomic mass is 10.2. The summed E-state index contributed by atoms with van der Waals surface area (Å²) in [6.45, 7) is 2.57. The zero-order chi connectivity index (χ0) is 21.8. The number of hydrogen-bond donors (Lipinski definition) is 1. The van der Waals surface area contributed by atoms with Gasteiger partial charge in [0.05, 0.1) is 17.3 Å². The van der Waals surface area contributed by atoms with E-state index in [9.17, 15) is 4.79 Å². The fraction of sp³-hybridized carbons (Fsp3) is 0.130. The molecule has 2 heterocycles. The van der Waals surface area contributed by atoms with E-state index in [2.05, 4.69) is 5.32 Å². The second-order valence-electron chi connectivity index (χ2n) is 6.55. The van der Waals surface area contributed by atoms with Crippen LogP contribution >= 0.6 is 23.8 Å². The summed E-state index contributed by atoms with van der Waals surface area (Å²) in [4.78, 5) is 14.4. The lowest BCUT2D eigenvalue weighted by molar-refractivity contribution is -0.113. The van der Waals surface area contributed by atoms with Crippen molar-refractivity contribution in [3.8, 4) is 11.5 Å². The second kappa shape index (κ2) is 9.24. The van der Waals surface area contributed by atoms with Gasteiger partial charge in [-0.1, -0.05) is 35.9 Å². The maximum Gasteiger partial charge on any atom is 0.281 e. The molecule has 0 unspecified atom stereocenters. The standard InChI is InChI=1S/C23H19ClN2O4S/c1-2-28-21-10-6-4-8-19(21)26-22(27)18(25-23(26)31)13-15-11-12-16(30-15)14-29-20-9-5-3-7-17(20)24/h3-13H,2,14H2,1H3,(H,25,31)/b18-13+. The number of para-hydroxylation sites is 3. The largest absolute Gasteiger partial charge is 0.492 e. The Labute approximate surface area is 190 Å². The van der Waals surface area contributed by atoms with E-state index >= 15 is 0 Å². The van der Waals surface area contributed by atoms with Crippen molar-refractivity contribution in [1.29, 1.82) is 0 Å². The molecule has 1 aliphatic rings. The highest BCUT2D eigenvalue weighted by atomic mass is 35.5. The van der Waals surface area contributed by atoms with Gasteiger partial charge in [-0.15, -0.1) is 0 Å². The topological polar surface area (TPSA) is 63.9 Å². The van der Waals surface area contributed by atoms with Gasteiger partial charge in [-0.05, 0) is 55.5 Å². The van der Waals surface area contributed by atoms with Crippen LogP contribution in [-0.2, 0) is 11.4 Å².